The van der Waals surface area contributed by atoms with Crippen molar-refractivity contribution in [3.8, 4) is 11.8 Å². The molecule has 0 bridgehead atoms. The topological polar surface area (TPSA) is 64.5 Å². The highest BCUT2D eigenvalue weighted by Gasteiger charge is 2.28. The van der Waals surface area contributed by atoms with Crippen LogP contribution in [0.3, 0.4) is 0 Å². The molecule has 1 aliphatic heterocycles. The zero-order chi connectivity index (χ0) is 16.9. The van der Waals surface area contributed by atoms with Gasteiger partial charge in [-0.2, -0.15) is 0 Å². The SMILES string of the molecule is CCOc1ccc(C(=O)N2CCC(Oc3cccc(C)n3)C2)cn1. The first-order chi connectivity index (χ1) is 11.7. The summed E-state index contributed by atoms with van der Waals surface area (Å²) in [7, 11) is 0. The number of ether oxygens (including phenoxy) is 2. The second kappa shape index (κ2) is 7.29. The van der Waals surface area contributed by atoms with Gasteiger partial charge in [-0.05, 0) is 26.0 Å². The smallest absolute Gasteiger partial charge is 0.255 e. The van der Waals surface area contributed by atoms with Crippen molar-refractivity contribution in [2.24, 2.45) is 0 Å². The third kappa shape index (κ3) is 3.82. The third-order valence-electron chi connectivity index (χ3n) is 3.86. The highest BCUT2D eigenvalue weighted by Crippen LogP contribution is 2.19. The Morgan fingerprint density at radius 1 is 1.29 bits per heavy atom. The molecule has 126 valence electrons. The van der Waals surface area contributed by atoms with E-state index >= 15 is 0 Å². The van der Waals surface area contributed by atoms with E-state index in [1.54, 1.807) is 23.2 Å². The molecule has 0 aliphatic carbocycles. The zero-order valence-corrected chi connectivity index (χ0v) is 13.9. The molecule has 24 heavy (non-hydrogen) atoms. The predicted octanol–water partition coefficient (Wildman–Crippen LogP) is 2.48. The van der Waals surface area contributed by atoms with Crippen LogP contribution in [0.2, 0.25) is 0 Å². The molecule has 0 aromatic carbocycles. The fourth-order valence-electron chi connectivity index (χ4n) is 2.69. The lowest BCUT2D eigenvalue weighted by molar-refractivity contribution is 0.0770. The molecule has 1 saturated heterocycles. The Balaban J connectivity index is 1.59. The van der Waals surface area contributed by atoms with E-state index in [0.29, 0.717) is 37.0 Å². The second-order valence-corrected chi connectivity index (χ2v) is 5.72. The normalized spacial score (nSPS) is 16.9. The minimum Gasteiger partial charge on any atom is -0.478 e. The summed E-state index contributed by atoms with van der Waals surface area (Å²) in [5.74, 6) is 1.10. The van der Waals surface area contributed by atoms with E-state index in [9.17, 15) is 4.79 Å². The van der Waals surface area contributed by atoms with Crippen LogP contribution in [0, 0.1) is 6.92 Å². The molecule has 0 N–H and O–H groups in total. The minimum atomic E-state index is -0.0335. The number of amides is 1. The molecule has 3 rings (SSSR count). The molecule has 2 aromatic heterocycles. The summed E-state index contributed by atoms with van der Waals surface area (Å²) < 4.78 is 11.2. The summed E-state index contributed by atoms with van der Waals surface area (Å²) >= 11 is 0. The second-order valence-electron chi connectivity index (χ2n) is 5.72. The van der Waals surface area contributed by atoms with Gasteiger partial charge in [0.05, 0.1) is 18.7 Å². The van der Waals surface area contributed by atoms with E-state index in [2.05, 4.69) is 9.97 Å². The average molecular weight is 327 g/mol. The van der Waals surface area contributed by atoms with Crippen molar-refractivity contribution in [1.29, 1.82) is 0 Å². The molecule has 0 saturated carbocycles. The molecule has 1 fully saturated rings. The van der Waals surface area contributed by atoms with Crippen LogP contribution in [0.4, 0.5) is 0 Å². The summed E-state index contributed by atoms with van der Waals surface area (Å²) in [5, 5.41) is 0. The number of aryl methyl sites for hydroxylation is 1. The average Bonchev–Trinajstić information content (AvgIpc) is 3.04. The van der Waals surface area contributed by atoms with Gasteiger partial charge in [0.15, 0.2) is 0 Å². The quantitative estimate of drug-likeness (QED) is 0.844. The van der Waals surface area contributed by atoms with Gasteiger partial charge in [-0.25, -0.2) is 9.97 Å². The molecule has 2 aromatic rings. The van der Waals surface area contributed by atoms with E-state index in [1.165, 1.54) is 0 Å². The van der Waals surface area contributed by atoms with Crippen molar-refractivity contribution in [1.82, 2.24) is 14.9 Å². The molecule has 1 unspecified atom stereocenters. The van der Waals surface area contributed by atoms with Crippen molar-refractivity contribution in [3.63, 3.8) is 0 Å². The Kier molecular flexibility index (Phi) is 4.93. The summed E-state index contributed by atoms with van der Waals surface area (Å²) in [6, 6.07) is 9.15. The molecule has 6 heteroatoms. The van der Waals surface area contributed by atoms with Gasteiger partial charge in [-0.3, -0.25) is 4.79 Å². The number of carbonyl (C=O) groups excluding carboxylic acids is 1. The number of carbonyl (C=O) groups is 1. The molecule has 6 nitrogen and oxygen atoms in total. The van der Waals surface area contributed by atoms with Crippen LogP contribution in [0.5, 0.6) is 11.8 Å². The summed E-state index contributed by atoms with van der Waals surface area (Å²) in [5.41, 5.74) is 1.48. The maximum Gasteiger partial charge on any atom is 0.255 e. The van der Waals surface area contributed by atoms with E-state index in [1.807, 2.05) is 32.0 Å². The predicted molar refractivity (Wildman–Crippen MR) is 89.3 cm³/mol. The summed E-state index contributed by atoms with van der Waals surface area (Å²) in [6.45, 7) is 5.60. The van der Waals surface area contributed by atoms with Gasteiger partial charge in [0.1, 0.15) is 6.10 Å². The Labute approximate surface area is 141 Å². The maximum absolute atomic E-state index is 12.5. The molecule has 1 amide bonds. The zero-order valence-electron chi connectivity index (χ0n) is 13.9. The number of hydrogen-bond donors (Lipinski definition) is 0. The highest BCUT2D eigenvalue weighted by molar-refractivity contribution is 5.94. The minimum absolute atomic E-state index is 0.0288. The lowest BCUT2D eigenvalue weighted by Gasteiger charge is -2.17. The van der Waals surface area contributed by atoms with Crippen LogP contribution >= 0.6 is 0 Å². The largest absolute Gasteiger partial charge is 0.478 e. The van der Waals surface area contributed by atoms with Gasteiger partial charge in [0.2, 0.25) is 11.8 Å². The Hall–Kier alpha value is -2.63. The monoisotopic (exact) mass is 327 g/mol. The van der Waals surface area contributed by atoms with Crippen molar-refractivity contribution >= 4 is 5.91 Å². The fourth-order valence-corrected chi connectivity index (χ4v) is 2.69. The van der Waals surface area contributed by atoms with E-state index in [4.69, 9.17) is 9.47 Å². The number of likely N-dealkylation sites (tertiary alicyclic amines) is 1. The third-order valence-corrected chi connectivity index (χ3v) is 3.86. The Morgan fingerprint density at radius 2 is 2.17 bits per heavy atom. The lowest BCUT2D eigenvalue weighted by atomic mass is 10.2. The molecule has 1 atom stereocenters. The summed E-state index contributed by atoms with van der Waals surface area (Å²) in [4.78, 5) is 22.8. The van der Waals surface area contributed by atoms with Gasteiger partial charge < -0.3 is 14.4 Å². The first-order valence-corrected chi connectivity index (χ1v) is 8.14. The maximum atomic E-state index is 12.5. The van der Waals surface area contributed by atoms with Gasteiger partial charge in [-0.1, -0.05) is 6.07 Å². The van der Waals surface area contributed by atoms with Crippen molar-refractivity contribution < 1.29 is 14.3 Å². The van der Waals surface area contributed by atoms with Crippen molar-refractivity contribution in [2.45, 2.75) is 26.4 Å². The van der Waals surface area contributed by atoms with Crippen LogP contribution in [0.1, 0.15) is 29.4 Å². The highest BCUT2D eigenvalue weighted by atomic mass is 16.5. The number of rotatable bonds is 5. The molecule has 0 spiro atoms. The van der Waals surface area contributed by atoms with Gasteiger partial charge in [0, 0.05) is 37.0 Å². The number of nitrogens with zero attached hydrogens (tertiary/aromatic N) is 3. The van der Waals surface area contributed by atoms with Gasteiger partial charge >= 0.3 is 0 Å². The molecular formula is C18H21N3O3. The fraction of sp³-hybridized carbons (Fsp3) is 0.389. The Bertz CT molecular complexity index is 703. The van der Waals surface area contributed by atoms with Crippen molar-refractivity contribution in [2.75, 3.05) is 19.7 Å². The van der Waals surface area contributed by atoms with E-state index in [0.717, 1.165) is 12.1 Å². The van der Waals surface area contributed by atoms with Crippen LogP contribution < -0.4 is 9.47 Å². The van der Waals surface area contributed by atoms with E-state index < -0.39 is 0 Å². The number of hydrogen-bond acceptors (Lipinski definition) is 5. The van der Waals surface area contributed by atoms with Crippen molar-refractivity contribution in [3.05, 3.63) is 47.8 Å². The molecule has 0 radical (unpaired) electrons. The molecule has 1 aliphatic rings. The first-order valence-electron chi connectivity index (χ1n) is 8.14. The Morgan fingerprint density at radius 3 is 2.88 bits per heavy atom. The standard InChI is InChI=1S/C18H21N3O3/c1-3-23-16-8-7-14(11-19-16)18(22)21-10-9-15(12-21)24-17-6-4-5-13(2)20-17/h4-8,11,15H,3,9-10,12H2,1-2H3. The van der Waals surface area contributed by atoms with Crippen LogP contribution in [-0.4, -0.2) is 46.6 Å². The summed E-state index contributed by atoms with van der Waals surface area (Å²) in [6.07, 6.45) is 2.33. The molecule has 3 heterocycles. The van der Waals surface area contributed by atoms with E-state index in [-0.39, 0.29) is 12.0 Å². The van der Waals surface area contributed by atoms with Crippen LogP contribution in [0.25, 0.3) is 0 Å². The van der Waals surface area contributed by atoms with Crippen LogP contribution in [0.15, 0.2) is 36.5 Å². The van der Waals surface area contributed by atoms with Gasteiger partial charge in [-0.15, -0.1) is 0 Å². The van der Waals surface area contributed by atoms with Crippen LogP contribution in [-0.2, 0) is 0 Å². The number of pyridine rings is 2. The lowest BCUT2D eigenvalue weighted by Crippen LogP contribution is -2.31. The first kappa shape index (κ1) is 16.2. The number of aromatic nitrogens is 2. The van der Waals surface area contributed by atoms with Gasteiger partial charge in [0.25, 0.3) is 5.91 Å². The molecular weight excluding hydrogens is 306 g/mol.